The molecule has 0 radical (unpaired) electrons. The number of carbonyl (C=O) groups is 1. The van der Waals surface area contributed by atoms with Gasteiger partial charge in [0.15, 0.2) is 5.16 Å². The minimum atomic E-state index is -0.485. The summed E-state index contributed by atoms with van der Waals surface area (Å²) in [5, 5.41) is 11.7. The number of carbonyl (C=O) groups excluding carboxylic acids is 1. The number of benzene rings is 1. The zero-order valence-electron chi connectivity index (χ0n) is 14.8. The lowest BCUT2D eigenvalue weighted by Crippen LogP contribution is -2.24. The van der Waals surface area contributed by atoms with Crippen LogP contribution in [0.4, 0.5) is 5.69 Å². The number of aromatic nitrogens is 2. The molecule has 0 spiro atoms. The number of H-pyrrole nitrogens is 1. The van der Waals surface area contributed by atoms with Crippen molar-refractivity contribution < 1.29 is 9.53 Å². The lowest BCUT2D eigenvalue weighted by molar-refractivity contribution is -0.115. The van der Waals surface area contributed by atoms with Crippen molar-refractivity contribution in [3.8, 4) is 11.8 Å². The maximum Gasteiger partial charge on any atom is 0.269 e. The molecule has 1 heterocycles. The highest BCUT2D eigenvalue weighted by Crippen LogP contribution is 2.22. The van der Waals surface area contributed by atoms with E-state index in [-0.39, 0.29) is 11.5 Å². The van der Waals surface area contributed by atoms with Gasteiger partial charge in [0.05, 0.1) is 17.6 Å². The Labute approximate surface area is 155 Å². The van der Waals surface area contributed by atoms with Crippen molar-refractivity contribution in [2.24, 2.45) is 0 Å². The van der Waals surface area contributed by atoms with Gasteiger partial charge in [-0.15, -0.1) is 0 Å². The summed E-state index contributed by atoms with van der Waals surface area (Å²) in [6, 6.07) is 8.95. The average molecular weight is 372 g/mol. The molecule has 26 heavy (non-hydrogen) atoms. The molecule has 7 nitrogen and oxygen atoms in total. The molecule has 0 fully saturated rings. The van der Waals surface area contributed by atoms with Crippen LogP contribution in [-0.4, -0.2) is 27.7 Å². The lowest BCUT2D eigenvalue weighted by Gasteiger charge is -2.12. The molecule has 0 saturated heterocycles. The second-order valence-electron chi connectivity index (χ2n) is 5.36. The van der Waals surface area contributed by atoms with Gasteiger partial charge in [-0.05, 0) is 44.5 Å². The van der Waals surface area contributed by atoms with Crippen LogP contribution >= 0.6 is 11.8 Å². The summed E-state index contributed by atoms with van der Waals surface area (Å²) in [5.74, 6) is 0.517. The van der Waals surface area contributed by atoms with Crippen LogP contribution in [0.2, 0.25) is 0 Å². The number of aromatic amines is 1. The third kappa shape index (κ3) is 4.86. The van der Waals surface area contributed by atoms with E-state index in [4.69, 9.17) is 10.00 Å². The van der Waals surface area contributed by atoms with E-state index in [1.807, 2.05) is 19.9 Å². The molecule has 0 aliphatic heterocycles. The standard InChI is InChI=1S/C18H20N4O3S/c1-4-15-14(10-19)17(24)22-18(21-15)26-11(3)16(23)20-12-6-8-13(9-7-12)25-5-2/h6-9,11H,4-5H2,1-3H3,(H,20,23)(H,21,22,24)/t11-/m1/s1. The van der Waals surface area contributed by atoms with Gasteiger partial charge in [-0.25, -0.2) is 4.98 Å². The van der Waals surface area contributed by atoms with Crippen LogP contribution in [0.1, 0.15) is 32.0 Å². The van der Waals surface area contributed by atoms with Gasteiger partial charge in [0.2, 0.25) is 5.91 Å². The van der Waals surface area contributed by atoms with Gasteiger partial charge in [0, 0.05) is 5.69 Å². The fourth-order valence-electron chi connectivity index (χ4n) is 2.19. The molecule has 0 aliphatic carbocycles. The van der Waals surface area contributed by atoms with Crippen molar-refractivity contribution in [2.75, 3.05) is 11.9 Å². The van der Waals surface area contributed by atoms with Gasteiger partial charge >= 0.3 is 0 Å². The predicted molar refractivity (Wildman–Crippen MR) is 101 cm³/mol. The first kappa shape index (κ1) is 19.5. The molecule has 8 heteroatoms. The van der Waals surface area contributed by atoms with Crippen molar-refractivity contribution in [3.63, 3.8) is 0 Å². The van der Waals surface area contributed by atoms with Crippen molar-refractivity contribution in [3.05, 3.63) is 45.9 Å². The molecule has 2 N–H and O–H groups in total. The number of rotatable bonds is 7. The molecule has 0 aliphatic rings. The van der Waals surface area contributed by atoms with Crippen molar-refractivity contribution in [1.82, 2.24) is 9.97 Å². The van der Waals surface area contributed by atoms with Gasteiger partial charge < -0.3 is 15.0 Å². The highest BCUT2D eigenvalue weighted by Gasteiger charge is 2.18. The summed E-state index contributed by atoms with van der Waals surface area (Å²) in [5.41, 5.74) is 0.614. The molecule has 2 aromatic rings. The number of amides is 1. The smallest absolute Gasteiger partial charge is 0.269 e. The van der Waals surface area contributed by atoms with Crippen LogP contribution in [0, 0.1) is 11.3 Å². The lowest BCUT2D eigenvalue weighted by atomic mass is 10.2. The summed E-state index contributed by atoms with van der Waals surface area (Å²) in [7, 11) is 0. The molecule has 0 bridgehead atoms. The summed E-state index contributed by atoms with van der Waals surface area (Å²) in [4.78, 5) is 31.1. The van der Waals surface area contributed by atoms with Crippen LogP contribution in [0.3, 0.4) is 0 Å². The monoisotopic (exact) mass is 372 g/mol. The third-order valence-corrected chi connectivity index (χ3v) is 4.49. The maximum atomic E-state index is 12.4. The minimum Gasteiger partial charge on any atom is -0.494 e. The summed E-state index contributed by atoms with van der Waals surface area (Å²) in [6.07, 6.45) is 0.465. The number of ether oxygens (including phenoxy) is 1. The number of hydrogen-bond acceptors (Lipinski definition) is 6. The number of thioether (sulfide) groups is 1. The molecule has 0 saturated carbocycles. The van der Waals surface area contributed by atoms with Crippen LogP contribution in [-0.2, 0) is 11.2 Å². The first-order chi connectivity index (χ1) is 12.5. The largest absolute Gasteiger partial charge is 0.494 e. The molecule has 1 aromatic carbocycles. The molecule has 2 rings (SSSR count). The summed E-state index contributed by atoms with van der Waals surface area (Å²) < 4.78 is 5.36. The summed E-state index contributed by atoms with van der Waals surface area (Å²) in [6.45, 7) is 6.02. The molecular weight excluding hydrogens is 352 g/mol. The van der Waals surface area contributed by atoms with Crippen LogP contribution in [0.15, 0.2) is 34.2 Å². The molecule has 1 atom stereocenters. The number of hydrogen-bond donors (Lipinski definition) is 2. The minimum absolute atomic E-state index is 0.0170. The van der Waals surface area contributed by atoms with Gasteiger partial charge in [-0.3, -0.25) is 9.59 Å². The molecule has 136 valence electrons. The quantitative estimate of drug-likeness (QED) is 0.571. The second kappa shape index (κ2) is 9.06. The van der Waals surface area contributed by atoms with E-state index in [0.717, 1.165) is 17.5 Å². The van der Waals surface area contributed by atoms with E-state index in [0.29, 0.717) is 29.6 Å². The summed E-state index contributed by atoms with van der Waals surface area (Å²) >= 11 is 1.13. The second-order valence-corrected chi connectivity index (χ2v) is 6.69. The number of nitrogens with one attached hydrogen (secondary N) is 2. The van der Waals surface area contributed by atoms with E-state index < -0.39 is 10.8 Å². The maximum absolute atomic E-state index is 12.4. The Balaban J connectivity index is 2.06. The molecule has 1 aromatic heterocycles. The first-order valence-electron chi connectivity index (χ1n) is 8.22. The predicted octanol–water partition coefficient (Wildman–Crippen LogP) is 2.72. The van der Waals surface area contributed by atoms with E-state index in [9.17, 15) is 9.59 Å². The highest BCUT2D eigenvalue weighted by atomic mass is 32.2. The van der Waals surface area contributed by atoms with Gasteiger partial charge in [-0.2, -0.15) is 5.26 Å². The van der Waals surface area contributed by atoms with Crippen molar-refractivity contribution >= 4 is 23.4 Å². The average Bonchev–Trinajstić information content (AvgIpc) is 2.63. The highest BCUT2D eigenvalue weighted by molar-refractivity contribution is 8.00. The fourth-order valence-corrected chi connectivity index (χ4v) is 3.01. The zero-order chi connectivity index (χ0) is 19.1. The van der Waals surface area contributed by atoms with Crippen LogP contribution in [0.25, 0.3) is 0 Å². The topological polar surface area (TPSA) is 108 Å². The molecular formula is C18H20N4O3S. The van der Waals surface area contributed by atoms with Crippen LogP contribution in [0.5, 0.6) is 5.75 Å². The van der Waals surface area contributed by atoms with E-state index >= 15 is 0 Å². The van der Waals surface area contributed by atoms with Crippen LogP contribution < -0.4 is 15.6 Å². The van der Waals surface area contributed by atoms with E-state index in [1.165, 1.54) is 0 Å². The Hall–Kier alpha value is -2.79. The Morgan fingerprint density at radius 2 is 2.08 bits per heavy atom. The molecule has 1 amide bonds. The molecule has 0 unspecified atom stereocenters. The van der Waals surface area contributed by atoms with Crippen molar-refractivity contribution in [2.45, 2.75) is 37.6 Å². The van der Waals surface area contributed by atoms with Gasteiger partial charge in [-0.1, -0.05) is 18.7 Å². The number of nitriles is 1. The Kier molecular flexibility index (Phi) is 6.81. The number of nitrogens with zero attached hydrogens (tertiary/aromatic N) is 2. The zero-order valence-corrected chi connectivity index (χ0v) is 15.6. The van der Waals surface area contributed by atoms with Gasteiger partial charge in [0.1, 0.15) is 17.4 Å². The Bertz CT molecular complexity index is 871. The third-order valence-electron chi connectivity index (χ3n) is 3.51. The van der Waals surface area contributed by atoms with Gasteiger partial charge in [0.25, 0.3) is 5.56 Å². The first-order valence-corrected chi connectivity index (χ1v) is 9.10. The number of aryl methyl sites for hydroxylation is 1. The normalized spacial score (nSPS) is 11.5. The fraction of sp³-hybridized carbons (Fsp3) is 0.333. The number of anilines is 1. The van der Waals surface area contributed by atoms with E-state index in [1.54, 1.807) is 31.2 Å². The van der Waals surface area contributed by atoms with E-state index in [2.05, 4.69) is 15.3 Å². The van der Waals surface area contributed by atoms with Crippen molar-refractivity contribution in [1.29, 1.82) is 5.26 Å². The Morgan fingerprint density at radius 3 is 2.65 bits per heavy atom. The Morgan fingerprint density at radius 1 is 1.38 bits per heavy atom. The SMILES string of the molecule is CCOc1ccc(NC(=O)[C@@H](C)Sc2nc(CC)c(C#N)c(=O)[nH]2)cc1.